The SMILES string of the molecule is COc1cc(C(=O)/C=C/c2ccc(SC)cc2)ccc1OC(F)F. The third-order valence-electron chi connectivity index (χ3n) is 3.21. The molecule has 0 N–H and O–H groups in total. The molecule has 0 unspecified atom stereocenters. The van der Waals surface area contributed by atoms with Gasteiger partial charge in [-0.15, -0.1) is 11.8 Å². The monoisotopic (exact) mass is 350 g/mol. The Morgan fingerprint density at radius 2 is 1.83 bits per heavy atom. The lowest BCUT2D eigenvalue weighted by atomic mass is 10.1. The number of ketones is 1. The van der Waals surface area contributed by atoms with E-state index in [1.165, 1.54) is 31.4 Å². The van der Waals surface area contributed by atoms with E-state index >= 15 is 0 Å². The Kier molecular flexibility index (Phi) is 6.37. The van der Waals surface area contributed by atoms with Crippen molar-refractivity contribution in [2.24, 2.45) is 0 Å². The molecular weight excluding hydrogens is 334 g/mol. The van der Waals surface area contributed by atoms with E-state index in [4.69, 9.17) is 4.74 Å². The maximum atomic E-state index is 12.3. The van der Waals surface area contributed by atoms with Gasteiger partial charge in [0.15, 0.2) is 17.3 Å². The summed E-state index contributed by atoms with van der Waals surface area (Å²) in [5.74, 6) is -0.287. The van der Waals surface area contributed by atoms with E-state index in [9.17, 15) is 13.6 Å². The molecule has 0 spiro atoms. The summed E-state index contributed by atoms with van der Waals surface area (Å²) in [5, 5.41) is 0. The van der Waals surface area contributed by atoms with Gasteiger partial charge in [0.2, 0.25) is 0 Å². The van der Waals surface area contributed by atoms with Crippen molar-refractivity contribution < 1.29 is 23.0 Å². The molecule has 2 aromatic rings. The van der Waals surface area contributed by atoms with Crippen LogP contribution >= 0.6 is 11.8 Å². The number of allylic oxidation sites excluding steroid dienone is 1. The van der Waals surface area contributed by atoms with Crippen LogP contribution in [0, 0.1) is 0 Å². The topological polar surface area (TPSA) is 35.5 Å². The molecule has 6 heteroatoms. The number of methoxy groups -OCH3 is 1. The molecule has 0 aromatic heterocycles. The van der Waals surface area contributed by atoms with Crippen molar-refractivity contribution in [1.82, 2.24) is 0 Å². The van der Waals surface area contributed by atoms with Crippen molar-refractivity contribution in [1.29, 1.82) is 0 Å². The molecule has 0 saturated heterocycles. The average Bonchev–Trinajstić information content (AvgIpc) is 2.60. The van der Waals surface area contributed by atoms with Crippen LogP contribution in [0.25, 0.3) is 6.08 Å². The highest BCUT2D eigenvalue weighted by molar-refractivity contribution is 7.98. The van der Waals surface area contributed by atoms with Gasteiger partial charge < -0.3 is 9.47 Å². The molecule has 0 aliphatic heterocycles. The molecule has 0 amide bonds. The molecule has 0 saturated carbocycles. The van der Waals surface area contributed by atoms with Gasteiger partial charge in [0.25, 0.3) is 0 Å². The van der Waals surface area contributed by atoms with Gasteiger partial charge in [-0.3, -0.25) is 4.79 Å². The first-order chi connectivity index (χ1) is 11.5. The van der Waals surface area contributed by atoms with E-state index < -0.39 is 6.61 Å². The van der Waals surface area contributed by atoms with E-state index in [1.807, 2.05) is 30.5 Å². The lowest BCUT2D eigenvalue weighted by Gasteiger charge is -2.10. The Balaban J connectivity index is 2.15. The summed E-state index contributed by atoms with van der Waals surface area (Å²) in [6.45, 7) is -2.95. The predicted octanol–water partition coefficient (Wildman–Crippen LogP) is 4.91. The molecule has 0 fully saturated rings. The molecule has 2 rings (SSSR count). The minimum absolute atomic E-state index is 0.0823. The second-order valence-electron chi connectivity index (χ2n) is 4.71. The van der Waals surface area contributed by atoms with Crippen molar-refractivity contribution in [2.45, 2.75) is 11.5 Å². The number of benzene rings is 2. The zero-order valence-corrected chi connectivity index (χ0v) is 14.0. The highest BCUT2D eigenvalue weighted by atomic mass is 32.2. The smallest absolute Gasteiger partial charge is 0.387 e. The van der Waals surface area contributed by atoms with Gasteiger partial charge in [0.05, 0.1) is 7.11 Å². The number of rotatable bonds is 7. The second kappa shape index (κ2) is 8.49. The number of hydrogen-bond acceptors (Lipinski definition) is 4. The van der Waals surface area contributed by atoms with Crippen LogP contribution in [0.15, 0.2) is 53.4 Å². The number of carbonyl (C=O) groups excluding carboxylic acids is 1. The summed E-state index contributed by atoms with van der Waals surface area (Å²) in [6.07, 6.45) is 5.11. The van der Waals surface area contributed by atoms with Crippen LogP contribution in [0.5, 0.6) is 11.5 Å². The molecule has 0 heterocycles. The van der Waals surface area contributed by atoms with Gasteiger partial charge in [0.1, 0.15) is 0 Å². The second-order valence-corrected chi connectivity index (χ2v) is 5.59. The molecule has 24 heavy (non-hydrogen) atoms. The summed E-state index contributed by atoms with van der Waals surface area (Å²) in [6, 6.07) is 11.8. The third kappa shape index (κ3) is 4.83. The minimum Gasteiger partial charge on any atom is -0.493 e. The van der Waals surface area contributed by atoms with Crippen molar-refractivity contribution >= 4 is 23.6 Å². The lowest BCUT2D eigenvalue weighted by Crippen LogP contribution is -2.04. The van der Waals surface area contributed by atoms with Gasteiger partial charge in [-0.1, -0.05) is 18.2 Å². The number of ether oxygens (including phenoxy) is 2. The summed E-state index contributed by atoms with van der Waals surface area (Å²) >= 11 is 1.64. The van der Waals surface area contributed by atoms with Crippen LogP contribution in [0.4, 0.5) is 8.78 Å². The fraction of sp³-hybridized carbons (Fsp3) is 0.167. The van der Waals surface area contributed by atoms with Gasteiger partial charge in [-0.25, -0.2) is 0 Å². The van der Waals surface area contributed by atoms with Crippen LogP contribution < -0.4 is 9.47 Å². The first-order valence-electron chi connectivity index (χ1n) is 7.03. The summed E-state index contributed by atoms with van der Waals surface area (Å²) in [4.78, 5) is 13.3. The summed E-state index contributed by atoms with van der Waals surface area (Å²) in [7, 11) is 1.32. The maximum Gasteiger partial charge on any atom is 0.387 e. The first kappa shape index (κ1) is 18.0. The van der Waals surface area contributed by atoms with Crippen LogP contribution in [0.3, 0.4) is 0 Å². The molecule has 0 radical (unpaired) electrons. The normalized spacial score (nSPS) is 11.0. The Labute approximate surface area is 143 Å². The van der Waals surface area contributed by atoms with E-state index in [0.29, 0.717) is 5.56 Å². The summed E-state index contributed by atoms with van der Waals surface area (Å²) < 4.78 is 33.9. The molecule has 2 aromatic carbocycles. The Bertz CT molecular complexity index is 728. The Hall–Kier alpha value is -2.34. The van der Waals surface area contributed by atoms with E-state index in [1.54, 1.807) is 17.8 Å². The van der Waals surface area contributed by atoms with E-state index in [2.05, 4.69) is 4.74 Å². The number of carbonyl (C=O) groups is 1. The van der Waals surface area contributed by atoms with E-state index in [0.717, 1.165) is 10.5 Å². The molecule has 3 nitrogen and oxygen atoms in total. The van der Waals surface area contributed by atoms with Crippen molar-refractivity contribution in [3.8, 4) is 11.5 Å². The maximum absolute atomic E-state index is 12.3. The molecule has 0 aliphatic carbocycles. The van der Waals surface area contributed by atoms with Crippen LogP contribution in [0.2, 0.25) is 0 Å². The van der Waals surface area contributed by atoms with Gasteiger partial charge in [0, 0.05) is 10.5 Å². The van der Waals surface area contributed by atoms with Gasteiger partial charge >= 0.3 is 6.61 Å². The molecule has 0 aliphatic rings. The number of thioether (sulfide) groups is 1. The Morgan fingerprint density at radius 1 is 1.12 bits per heavy atom. The summed E-state index contributed by atoms with van der Waals surface area (Å²) in [5.41, 5.74) is 1.22. The quantitative estimate of drug-likeness (QED) is 0.404. The first-order valence-corrected chi connectivity index (χ1v) is 8.25. The van der Waals surface area contributed by atoms with Gasteiger partial charge in [-0.2, -0.15) is 8.78 Å². The van der Waals surface area contributed by atoms with Gasteiger partial charge in [-0.05, 0) is 48.2 Å². The van der Waals surface area contributed by atoms with Crippen molar-refractivity contribution in [3.05, 3.63) is 59.7 Å². The highest BCUT2D eigenvalue weighted by Gasteiger charge is 2.13. The average molecular weight is 350 g/mol. The molecule has 0 atom stereocenters. The number of alkyl halides is 2. The lowest BCUT2D eigenvalue weighted by molar-refractivity contribution is -0.0512. The van der Waals surface area contributed by atoms with Crippen LogP contribution in [-0.2, 0) is 0 Å². The zero-order chi connectivity index (χ0) is 17.5. The molecule has 0 bridgehead atoms. The molecule has 126 valence electrons. The fourth-order valence-corrected chi connectivity index (χ4v) is 2.41. The fourth-order valence-electron chi connectivity index (χ4n) is 2.00. The largest absolute Gasteiger partial charge is 0.493 e. The molecular formula is C18H16F2O3S. The third-order valence-corrected chi connectivity index (χ3v) is 3.95. The van der Waals surface area contributed by atoms with Crippen LogP contribution in [0.1, 0.15) is 15.9 Å². The zero-order valence-electron chi connectivity index (χ0n) is 13.2. The minimum atomic E-state index is -2.95. The van der Waals surface area contributed by atoms with Crippen molar-refractivity contribution in [2.75, 3.05) is 13.4 Å². The highest BCUT2D eigenvalue weighted by Crippen LogP contribution is 2.29. The predicted molar refractivity (Wildman–Crippen MR) is 91.2 cm³/mol. The number of hydrogen-bond donors (Lipinski definition) is 0. The van der Waals surface area contributed by atoms with Crippen molar-refractivity contribution in [3.63, 3.8) is 0 Å². The standard InChI is InChI=1S/C18H16F2O3S/c1-22-17-11-13(6-10-16(17)23-18(19)20)15(21)9-5-12-3-7-14(24-2)8-4-12/h3-11,18H,1-2H3/b9-5+. The Morgan fingerprint density at radius 3 is 2.42 bits per heavy atom. The number of halogens is 2. The van der Waals surface area contributed by atoms with E-state index in [-0.39, 0.29) is 17.3 Å². The van der Waals surface area contributed by atoms with Crippen LogP contribution in [-0.4, -0.2) is 25.8 Å².